The van der Waals surface area contributed by atoms with Crippen molar-refractivity contribution in [3.63, 3.8) is 0 Å². The number of nitrogens with one attached hydrogen (secondary N) is 1. The number of likely N-dealkylation sites (N-methyl/N-ethyl adjacent to an activating group) is 1. The van der Waals surface area contributed by atoms with Gasteiger partial charge in [0.2, 0.25) is 0 Å². The first kappa shape index (κ1) is 17.0. The Kier molecular flexibility index (Phi) is 6.18. The van der Waals surface area contributed by atoms with Crippen LogP contribution < -0.4 is 10.2 Å². The lowest BCUT2D eigenvalue weighted by molar-refractivity contribution is -0.137. The molecule has 0 fully saturated rings. The van der Waals surface area contributed by atoms with Gasteiger partial charge in [0.25, 0.3) is 0 Å². The highest BCUT2D eigenvalue weighted by Crippen LogP contribution is 2.13. The monoisotopic (exact) mass is 330 g/mol. The molecule has 0 saturated heterocycles. The third-order valence-electron chi connectivity index (χ3n) is 3.41. The number of halogens is 1. The van der Waals surface area contributed by atoms with Crippen LogP contribution in [0, 0.1) is 0 Å². The van der Waals surface area contributed by atoms with Crippen LogP contribution in [0.3, 0.4) is 0 Å². The molecule has 0 aliphatic carbocycles. The Labute approximate surface area is 141 Å². The van der Waals surface area contributed by atoms with Crippen molar-refractivity contribution < 1.29 is 9.59 Å². The molecule has 0 unspecified atom stereocenters. The molecule has 0 aliphatic heterocycles. The van der Waals surface area contributed by atoms with Gasteiger partial charge in [-0.05, 0) is 43.2 Å². The maximum atomic E-state index is 12.3. The molecule has 2 aromatic rings. The molecule has 0 spiro atoms. The van der Waals surface area contributed by atoms with E-state index in [1.807, 2.05) is 43.3 Å². The van der Waals surface area contributed by atoms with Crippen LogP contribution >= 0.6 is 11.6 Å². The fourth-order valence-electron chi connectivity index (χ4n) is 2.26. The zero-order chi connectivity index (χ0) is 16.7. The lowest BCUT2D eigenvalue weighted by Gasteiger charge is -2.20. The van der Waals surface area contributed by atoms with Crippen LogP contribution in [0.1, 0.15) is 12.5 Å². The Hall–Kier alpha value is -2.33. The highest BCUT2D eigenvalue weighted by Gasteiger charge is 2.21. The van der Waals surface area contributed by atoms with Crippen molar-refractivity contribution in [1.82, 2.24) is 5.32 Å². The van der Waals surface area contributed by atoms with Gasteiger partial charge in [0.05, 0.1) is 0 Å². The van der Waals surface area contributed by atoms with E-state index in [9.17, 15) is 9.59 Å². The molecule has 0 aliphatic rings. The molecule has 2 aromatic carbocycles. The number of rotatable bonds is 5. The van der Waals surface area contributed by atoms with Crippen molar-refractivity contribution in [2.75, 3.05) is 18.0 Å². The number of hydrogen-bond acceptors (Lipinski definition) is 2. The molecule has 0 radical (unpaired) electrons. The number of nitrogens with zero attached hydrogens (tertiary/aromatic N) is 1. The normalized spacial score (nSPS) is 10.2. The van der Waals surface area contributed by atoms with Crippen molar-refractivity contribution in [3.05, 3.63) is 65.2 Å². The summed E-state index contributed by atoms with van der Waals surface area (Å²) in [6.07, 6.45) is 0.622. The predicted molar refractivity (Wildman–Crippen MR) is 92.6 cm³/mol. The summed E-state index contributed by atoms with van der Waals surface area (Å²) in [4.78, 5) is 25.8. The molecule has 120 valence electrons. The standard InChI is InChI=1S/C18H19ClN2O2/c1-2-21(16-9-4-3-5-10-16)18(23)17(22)20-12-11-14-7-6-8-15(19)13-14/h3-10,13H,2,11-12H2,1H3,(H,20,22). The Bertz CT molecular complexity index is 674. The van der Waals surface area contributed by atoms with Crippen LogP contribution in [-0.2, 0) is 16.0 Å². The van der Waals surface area contributed by atoms with E-state index in [0.717, 1.165) is 5.56 Å². The van der Waals surface area contributed by atoms with Gasteiger partial charge < -0.3 is 10.2 Å². The Balaban J connectivity index is 1.90. The largest absolute Gasteiger partial charge is 0.347 e. The zero-order valence-corrected chi connectivity index (χ0v) is 13.7. The fourth-order valence-corrected chi connectivity index (χ4v) is 2.48. The summed E-state index contributed by atoms with van der Waals surface area (Å²) in [5, 5.41) is 3.32. The summed E-state index contributed by atoms with van der Waals surface area (Å²) >= 11 is 5.92. The first-order valence-electron chi connectivity index (χ1n) is 7.51. The lowest BCUT2D eigenvalue weighted by atomic mass is 10.1. The summed E-state index contributed by atoms with van der Waals surface area (Å²) in [6.45, 7) is 2.66. The maximum Gasteiger partial charge on any atom is 0.316 e. The van der Waals surface area contributed by atoms with Crippen LogP contribution in [0.5, 0.6) is 0 Å². The molecule has 2 amide bonds. The molecule has 0 bridgehead atoms. The van der Waals surface area contributed by atoms with Gasteiger partial charge in [-0.15, -0.1) is 0 Å². The van der Waals surface area contributed by atoms with Crippen molar-refractivity contribution in [3.8, 4) is 0 Å². The molecule has 0 heterocycles. The summed E-state index contributed by atoms with van der Waals surface area (Å²) < 4.78 is 0. The average Bonchev–Trinajstić information content (AvgIpc) is 2.56. The van der Waals surface area contributed by atoms with Gasteiger partial charge in [-0.1, -0.05) is 41.9 Å². The maximum absolute atomic E-state index is 12.3. The summed E-state index contributed by atoms with van der Waals surface area (Å²) in [5.41, 5.74) is 1.73. The molecule has 1 N–H and O–H groups in total. The van der Waals surface area contributed by atoms with Crippen molar-refractivity contribution in [1.29, 1.82) is 0 Å². The topological polar surface area (TPSA) is 49.4 Å². The van der Waals surface area contributed by atoms with E-state index in [4.69, 9.17) is 11.6 Å². The third kappa shape index (κ3) is 4.83. The van der Waals surface area contributed by atoms with Crippen LogP contribution in [0.2, 0.25) is 5.02 Å². The number of hydrogen-bond donors (Lipinski definition) is 1. The average molecular weight is 331 g/mol. The van der Waals surface area contributed by atoms with Gasteiger partial charge in [0.1, 0.15) is 0 Å². The highest BCUT2D eigenvalue weighted by atomic mass is 35.5. The van der Waals surface area contributed by atoms with Crippen LogP contribution in [0.25, 0.3) is 0 Å². The van der Waals surface area contributed by atoms with Crippen molar-refractivity contribution in [2.24, 2.45) is 0 Å². The SMILES string of the molecule is CCN(C(=O)C(=O)NCCc1cccc(Cl)c1)c1ccccc1. The molecule has 23 heavy (non-hydrogen) atoms. The van der Waals surface area contributed by atoms with E-state index < -0.39 is 11.8 Å². The van der Waals surface area contributed by atoms with E-state index >= 15 is 0 Å². The first-order chi connectivity index (χ1) is 11.1. The van der Waals surface area contributed by atoms with Crippen LogP contribution in [0.15, 0.2) is 54.6 Å². The second-order valence-electron chi connectivity index (χ2n) is 5.02. The van der Waals surface area contributed by atoms with E-state index in [2.05, 4.69) is 5.32 Å². The van der Waals surface area contributed by atoms with Crippen LogP contribution in [0.4, 0.5) is 5.69 Å². The van der Waals surface area contributed by atoms with Crippen molar-refractivity contribution >= 4 is 29.1 Å². The number of anilines is 1. The highest BCUT2D eigenvalue weighted by molar-refractivity contribution is 6.40. The van der Waals surface area contributed by atoms with Gasteiger partial charge in [0, 0.05) is 23.8 Å². The number of carbonyl (C=O) groups excluding carboxylic acids is 2. The minimum atomic E-state index is -0.599. The van der Waals surface area contributed by atoms with E-state index in [1.165, 1.54) is 4.90 Å². The minimum absolute atomic E-state index is 0.386. The fraction of sp³-hybridized carbons (Fsp3) is 0.222. The molecule has 2 rings (SSSR count). The molecule has 0 aromatic heterocycles. The number of para-hydroxylation sites is 1. The predicted octanol–water partition coefficient (Wildman–Crippen LogP) is 3.05. The minimum Gasteiger partial charge on any atom is -0.347 e. The van der Waals surface area contributed by atoms with Gasteiger partial charge in [-0.25, -0.2) is 0 Å². The Morgan fingerprint density at radius 1 is 1.09 bits per heavy atom. The quantitative estimate of drug-likeness (QED) is 0.857. The van der Waals surface area contributed by atoms with Crippen LogP contribution in [-0.4, -0.2) is 24.9 Å². The number of carbonyl (C=O) groups is 2. The second-order valence-corrected chi connectivity index (χ2v) is 5.46. The first-order valence-corrected chi connectivity index (χ1v) is 7.88. The molecular formula is C18H19ClN2O2. The smallest absolute Gasteiger partial charge is 0.316 e. The Morgan fingerprint density at radius 2 is 1.83 bits per heavy atom. The Morgan fingerprint density at radius 3 is 2.48 bits per heavy atom. The van der Waals surface area contributed by atoms with Crippen molar-refractivity contribution in [2.45, 2.75) is 13.3 Å². The third-order valence-corrected chi connectivity index (χ3v) is 3.65. The lowest BCUT2D eigenvalue weighted by Crippen LogP contribution is -2.43. The molecule has 4 nitrogen and oxygen atoms in total. The number of benzene rings is 2. The summed E-state index contributed by atoms with van der Waals surface area (Å²) in [5.74, 6) is -1.15. The molecule has 0 saturated carbocycles. The summed E-state index contributed by atoms with van der Waals surface area (Å²) in [7, 11) is 0. The molecule has 5 heteroatoms. The van der Waals surface area contributed by atoms with Gasteiger partial charge in [-0.2, -0.15) is 0 Å². The van der Waals surface area contributed by atoms with E-state index in [-0.39, 0.29) is 0 Å². The zero-order valence-electron chi connectivity index (χ0n) is 13.0. The number of amides is 2. The molecule has 0 atom stereocenters. The van der Waals surface area contributed by atoms with Gasteiger partial charge in [-0.3, -0.25) is 9.59 Å². The second kappa shape index (κ2) is 8.34. The van der Waals surface area contributed by atoms with Gasteiger partial charge in [0.15, 0.2) is 0 Å². The van der Waals surface area contributed by atoms with E-state index in [1.54, 1.807) is 18.2 Å². The van der Waals surface area contributed by atoms with Gasteiger partial charge >= 0.3 is 11.8 Å². The molecular weight excluding hydrogens is 312 g/mol. The van der Waals surface area contributed by atoms with E-state index in [0.29, 0.717) is 30.2 Å². The summed E-state index contributed by atoms with van der Waals surface area (Å²) in [6, 6.07) is 16.6.